The van der Waals surface area contributed by atoms with Crippen LogP contribution in [0.5, 0.6) is 0 Å². The van der Waals surface area contributed by atoms with Crippen LogP contribution < -0.4 is 10.6 Å². The average Bonchev–Trinajstić information content (AvgIpc) is 2.92. The Morgan fingerprint density at radius 1 is 1.19 bits per heavy atom. The van der Waals surface area contributed by atoms with Crippen molar-refractivity contribution in [3.63, 3.8) is 0 Å². The molecule has 1 aliphatic rings. The lowest BCUT2D eigenvalue weighted by atomic mass is 10.3. The molecule has 154 valence electrons. The number of carbonyl (C=O) groups is 4. The minimum absolute atomic E-state index is 0.0810. The fourth-order valence-corrected chi connectivity index (χ4v) is 3.50. The molecule has 1 unspecified atom stereocenters. The van der Waals surface area contributed by atoms with Crippen molar-refractivity contribution in [1.82, 2.24) is 15.5 Å². The molecule has 27 heavy (non-hydrogen) atoms. The monoisotopic (exact) mass is 403 g/mol. The number of nitrogens with zero attached hydrogens (tertiary/aromatic N) is 1. The van der Waals surface area contributed by atoms with E-state index < -0.39 is 5.25 Å². The van der Waals surface area contributed by atoms with E-state index in [9.17, 15) is 19.2 Å². The summed E-state index contributed by atoms with van der Waals surface area (Å²) in [4.78, 5) is 48.5. The number of likely N-dealkylation sites (tertiary alicyclic amines) is 1. The molecule has 1 fully saturated rings. The van der Waals surface area contributed by atoms with E-state index in [4.69, 9.17) is 9.47 Å². The van der Waals surface area contributed by atoms with Crippen LogP contribution in [0.2, 0.25) is 0 Å². The van der Waals surface area contributed by atoms with Crippen LogP contribution in [0.25, 0.3) is 0 Å². The second-order valence-electron chi connectivity index (χ2n) is 5.93. The number of rotatable bonds is 14. The van der Waals surface area contributed by atoms with Crippen molar-refractivity contribution in [1.29, 1.82) is 0 Å². The van der Waals surface area contributed by atoms with Gasteiger partial charge in [-0.3, -0.25) is 24.1 Å². The van der Waals surface area contributed by atoms with E-state index in [1.165, 1.54) is 11.8 Å². The summed E-state index contributed by atoms with van der Waals surface area (Å²) in [5.74, 6) is -0.373. The highest BCUT2D eigenvalue weighted by molar-refractivity contribution is 8.00. The number of ether oxygens (including phenoxy) is 2. The fraction of sp³-hybridized carbons (Fsp3) is 0.765. The Bertz CT molecular complexity index is 517. The van der Waals surface area contributed by atoms with E-state index in [0.717, 1.165) is 4.90 Å². The average molecular weight is 404 g/mol. The highest BCUT2D eigenvalue weighted by Crippen LogP contribution is 2.25. The molecule has 0 radical (unpaired) electrons. The van der Waals surface area contributed by atoms with E-state index in [1.807, 2.05) is 0 Å². The van der Waals surface area contributed by atoms with Gasteiger partial charge in [0.05, 0.1) is 18.5 Å². The molecule has 1 aliphatic heterocycles. The molecule has 1 saturated heterocycles. The predicted octanol–water partition coefficient (Wildman–Crippen LogP) is -0.457. The van der Waals surface area contributed by atoms with Gasteiger partial charge in [0.1, 0.15) is 0 Å². The summed E-state index contributed by atoms with van der Waals surface area (Å²) < 4.78 is 10.1. The summed E-state index contributed by atoms with van der Waals surface area (Å²) in [5.41, 5.74) is 0. The summed E-state index contributed by atoms with van der Waals surface area (Å²) in [7, 11) is 3.16. The highest BCUT2D eigenvalue weighted by Gasteiger charge is 2.38. The van der Waals surface area contributed by atoms with Crippen LogP contribution in [-0.2, 0) is 28.7 Å². The molecule has 1 rings (SSSR count). The van der Waals surface area contributed by atoms with Gasteiger partial charge in [0, 0.05) is 58.9 Å². The maximum atomic E-state index is 12.3. The Morgan fingerprint density at radius 3 is 2.67 bits per heavy atom. The van der Waals surface area contributed by atoms with Gasteiger partial charge in [-0.15, -0.1) is 11.8 Å². The van der Waals surface area contributed by atoms with Crippen LogP contribution in [0.1, 0.15) is 25.7 Å². The van der Waals surface area contributed by atoms with E-state index in [2.05, 4.69) is 10.6 Å². The molecule has 0 saturated carbocycles. The summed E-state index contributed by atoms with van der Waals surface area (Å²) in [6, 6.07) is 0. The number of nitrogens with one attached hydrogen (secondary N) is 2. The van der Waals surface area contributed by atoms with Gasteiger partial charge in [-0.1, -0.05) is 0 Å². The smallest absolute Gasteiger partial charge is 0.242 e. The topological polar surface area (TPSA) is 114 Å². The molecule has 0 aromatic carbocycles. The molecule has 0 spiro atoms. The second kappa shape index (κ2) is 13.5. The number of carbonyl (C=O) groups excluding carboxylic acids is 4. The third-order valence-corrected chi connectivity index (χ3v) is 5.12. The molecule has 10 heteroatoms. The molecular formula is C17H29N3O6S. The number of hydrogen-bond acceptors (Lipinski definition) is 7. The Balaban J connectivity index is 2.19. The Morgan fingerprint density at radius 2 is 1.96 bits per heavy atom. The van der Waals surface area contributed by atoms with Gasteiger partial charge in [0.2, 0.25) is 23.6 Å². The standard InChI is InChI=1S/C17H29N3O6S/c1-18-14(21)5-11-27-13-12-16(23)20(17(13)24)7-4-15(22)19-6-3-8-26-10-9-25-2/h13H,3-12H2,1-2H3,(H,18,21)(H,19,22). The van der Waals surface area contributed by atoms with Gasteiger partial charge in [0.25, 0.3) is 0 Å². The van der Waals surface area contributed by atoms with Gasteiger partial charge in [0.15, 0.2) is 0 Å². The first kappa shape index (κ1) is 23.4. The third-order valence-electron chi connectivity index (χ3n) is 3.91. The first-order chi connectivity index (χ1) is 13.0. The zero-order valence-corrected chi connectivity index (χ0v) is 16.8. The lowest BCUT2D eigenvalue weighted by molar-refractivity contribution is -0.138. The summed E-state index contributed by atoms with van der Waals surface area (Å²) in [6.45, 7) is 2.15. The predicted molar refractivity (Wildman–Crippen MR) is 101 cm³/mol. The molecule has 0 aromatic heterocycles. The molecule has 0 aliphatic carbocycles. The lowest BCUT2D eigenvalue weighted by Gasteiger charge is -2.14. The quantitative estimate of drug-likeness (QED) is 0.298. The highest BCUT2D eigenvalue weighted by atomic mass is 32.2. The molecule has 4 amide bonds. The van der Waals surface area contributed by atoms with Crippen molar-refractivity contribution < 1.29 is 28.7 Å². The van der Waals surface area contributed by atoms with Crippen molar-refractivity contribution in [3.05, 3.63) is 0 Å². The third kappa shape index (κ3) is 9.21. The van der Waals surface area contributed by atoms with Gasteiger partial charge in [-0.05, 0) is 6.42 Å². The van der Waals surface area contributed by atoms with Gasteiger partial charge in [-0.25, -0.2) is 0 Å². The maximum absolute atomic E-state index is 12.3. The Kier molecular flexibility index (Phi) is 11.7. The Hall–Kier alpha value is -1.65. The van der Waals surface area contributed by atoms with E-state index in [0.29, 0.717) is 45.0 Å². The van der Waals surface area contributed by atoms with Crippen molar-refractivity contribution in [2.24, 2.45) is 0 Å². The van der Waals surface area contributed by atoms with Gasteiger partial charge >= 0.3 is 0 Å². The molecule has 0 bridgehead atoms. The summed E-state index contributed by atoms with van der Waals surface area (Å²) in [6.07, 6.45) is 1.19. The van der Waals surface area contributed by atoms with Crippen LogP contribution in [0.4, 0.5) is 0 Å². The SMILES string of the molecule is CNC(=O)CCSC1CC(=O)N(CCC(=O)NCCCOCCOC)C1=O. The molecular weight excluding hydrogens is 374 g/mol. The van der Waals surface area contributed by atoms with Crippen LogP contribution in [0.3, 0.4) is 0 Å². The van der Waals surface area contributed by atoms with Crippen LogP contribution in [0, 0.1) is 0 Å². The van der Waals surface area contributed by atoms with Crippen molar-refractivity contribution >= 4 is 35.4 Å². The Labute approximate surface area is 163 Å². The van der Waals surface area contributed by atoms with Gasteiger partial charge in [-0.2, -0.15) is 0 Å². The zero-order chi connectivity index (χ0) is 20.1. The van der Waals surface area contributed by atoms with E-state index >= 15 is 0 Å². The fourth-order valence-electron chi connectivity index (χ4n) is 2.38. The second-order valence-corrected chi connectivity index (χ2v) is 7.24. The van der Waals surface area contributed by atoms with Gasteiger partial charge < -0.3 is 20.1 Å². The molecule has 2 N–H and O–H groups in total. The van der Waals surface area contributed by atoms with Crippen molar-refractivity contribution in [3.8, 4) is 0 Å². The van der Waals surface area contributed by atoms with Crippen molar-refractivity contribution in [2.75, 3.05) is 52.8 Å². The van der Waals surface area contributed by atoms with E-state index in [-0.39, 0.29) is 43.0 Å². The molecule has 1 atom stereocenters. The van der Waals surface area contributed by atoms with E-state index in [1.54, 1.807) is 14.2 Å². The van der Waals surface area contributed by atoms with Crippen LogP contribution >= 0.6 is 11.8 Å². The van der Waals surface area contributed by atoms with Crippen LogP contribution in [0.15, 0.2) is 0 Å². The zero-order valence-electron chi connectivity index (χ0n) is 16.0. The summed E-state index contributed by atoms with van der Waals surface area (Å²) >= 11 is 1.31. The molecule has 1 heterocycles. The van der Waals surface area contributed by atoms with Crippen molar-refractivity contribution in [2.45, 2.75) is 30.9 Å². The summed E-state index contributed by atoms with van der Waals surface area (Å²) in [5, 5.41) is 4.79. The number of methoxy groups -OCH3 is 1. The minimum Gasteiger partial charge on any atom is -0.382 e. The number of amides is 4. The number of hydrogen-bond donors (Lipinski definition) is 2. The minimum atomic E-state index is -0.463. The molecule has 0 aromatic rings. The molecule has 9 nitrogen and oxygen atoms in total. The largest absolute Gasteiger partial charge is 0.382 e. The van der Waals surface area contributed by atoms with Crippen LogP contribution in [-0.4, -0.2) is 86.6 Å². The first-order valence-corrected chi connectivity index (χ1v) is 10.0. The lowest BCUT2D eigenvalue weighted by Crippen LogP contribution is -2.36. The first-order valence-electron chi connectivity index (χ1n) is 8.99. The normalized spacial score (nSPS) is 16.7. The number of thioether (sulfide) groups is 1. The number of imide groups is 1. The maximum Gasteiger partial charge on any atom is 0.242 e.